The van der Waals surface area contributed by atoms with Gasteiger partial charge in [-0.1, -0.05) is 78.9 Å². The summed E-state index contributed by atoms with van der Waals surface area (Å²) in [6, 6.07) is 29.9. The minimum absolute atomic E-state index is 0.0350. The molecule has 0 aliphatic carbocycles. The molecule has 28 heavy (non-hydrogen) atoms. The van der Waals surface area contributed by atoms with E-state index in [1.165, 1.54) is 32.7 Å². The predicted molar refractivity (Wildman–Crippen MR) is 113 cm³/mol. The number of aliphatic hydroxyl groups excluding tert-OH is 1. The Labute approximate surface area is 164 Å². The van der Waals surface area contributed by atoms with Crippen molar-refractivity contribution in [3.8, 4) is 0 Å². The maximum atomic E-state index is 9.75. The first-order valence-corrected chi connectivity index (χ1v) is 9.82. The van der Waals surface area contributed by atoms with Crippen LogP contribution in [0.4, 0.5) is 0 Å². The third-order valence-corrected chi connectivity index (χ3v) is 5.66. The van der Waals surface area contributed by atoms with Gasteiger partial charge in [-0.25, -0.2) is 0 Å². The van der Waals surface area contributed by atoms with E-state index in [2.05, 4.69) is 78.9 Å². The molecule has 3 heteroatoms. The molecule has 0 bridgehead atoms. The van der Waals surface area contributed by atoms with E-state index in [0.717, 1.165) is 6.42 Å². The van der Waals surface area contributed by atoms with Crippen molar-refractivity contribution in [1.82, 2.24) is 5.06 Å². The van der Waals surface area contributed by atoms with Crippen LogP contribution in [0.2, 0.25) is 0 Å². The zero-order valence-corrected chi connectivity index (χ0v) is 15.7. The Bertz CT molecular complexity index is 1110. The zero-order valence-electron chi connectivity index (χ0n) is 15.7. The van der Waals surface area contributed by atoms with E-state index in [1.807, 2.05) is 11.1 Å². The zero-order chi connectivity index (χ0) is 18.9. The summed E-state index contributed by atoms with van der Waals surface area (Å²) in [7, 11) is 0. The summed E-state index contributed by atoms with van der Waals surface area (Å²) < 4.78 is 0. The lowest BCUT2D eigenvalue weighted by atomic mass is 9.91. The molecule has 3 nitrogen and oxygen atoms in total. The van der Waals surface area contributed by atoms with Gasteiger partial charge in [0, 0.05) is 6.54 Å². The lowest BCUT2D eigenvalue weighted by molar-refractivity contribution is -0.178. The van der Waals surface area contributed by atoms with Gasteiger partial charge in [0.15, 0.2) is 0 Å². The first-order valence-electron chi connectivity index (χ1n) is 9.82. The van der Waals surface area contributed by atoms with Gasteiger partial charge in [-0.05, 0) is 45.2 Å². The molecule has 1 N–H and O–H groups in total. The quantitative estimate of drug-likeness (QED) is 0.500. The molecular formula is C25H23NO2. The molecule has 0 saturated carbocycles. The average molecular weight is 369 g/mol. The number of hydrogen-bond donors (Lipinski definition) is 1. The van der Waals surface area contributed by atoms with E-state index < -0.39 is 0 Å². The highest BCUT2D eigenvalue weighted by Crippen LogP contribution is 2.40. The molecule has 5 rings (SSSR count). The van der Waals surface area contributed by atoms with Crippen molar-refractivity contribution in [2.75, 3.05) is 6.61 Å². The van der Waals surface area contributed by atoms with Crippen LogP contribution in [0.5, 0.6) is 0 Å². The van der Waals surface area contributed by atoms with Gasteiger partial charge in [0.05, 0.1) is 12.6 Å². The van der Waals surface area contributed by atoms with Crippen LogP contribution in [-0.4, -0.2) is 22.9 Å². The Morgan fingerprint density at radius 1 is 0.821 bits per heavy atom. The molecule has 1 aliphatic heterocycles. The fourth-order valence-corrected chi connectivity index (χ4v) is 4.33. The lowest BCUT2D eigenvalue weighted by Gasteiger charge is -2.25. The molecule has 0 amide bonds. The van der Waals surface area contributed by atoms with Crippen LogP contribution in [0.3, 0.4) is 0 Å². The predicted octanol–water partition coefficient (Wildman–Crippen LogP) is 5.23. The summed E-state index contributed by atoms with van der Waals surface area (Å²) in [6.07, 6.45) is 0.616. The summed E-state index contributed by atoms with van der Waals surface area (Å²) >= 11 is 0. The number of hydroxylamine groups is 2. The second-order valence-corrected chi connectivity index (χ2v) is 7.45. The Balaban J connectivity index is 1.63. The number of benzene rings is 4. The normalized spacial score (nSPS) is 20.2. The van der Waals surface area contributed by atoms with Gasteiger partial charge in [-0.15, -0.1) is 0 Å². The van der Waals surface area contributed by atoms with Crippen LogP contribution >= 0.6 is 0 Å². The second-order valence-electron chi connectivity index (χ2n) is 7.45. The van der Waals surface area contributed by atoms with Gasteiger partial charge >= 0.3 is 0 Å². The SMILES string of the molecule is OC[C@@H]1C[C@H](c2cc3ccccc3c3ccccc23)N(Cc2ccccc2)O1. The van der Waals surface area contributed by atoms with Crippen molar-refractivity contribution in [1.29, 1.82) is 0 Å². The molecule has 0 spiro atoms. The fraction of sp³-hybridized carbons (Fsp3) is 0.200. The van der Waals surface area contributed by atoms with Crippen LogP contribution in [0, 0.1) is 0 Å². The van der Waals surface area contributed by atoms with Crippen LogP contribution in [0.15, 0.2) is 84.9 Å². The number of rotatable bonds is 4. The van der Waals surface area contributed by atoms with Gasteiger partial charge < -0.3 is 5.11 Å². The van der Waals surface area contributed by atoms with Gasteiger partial charge in [-0.3, -0.25) is 4.84 Å². The maximum Gasteiger partial charge on any atom is 0.104 e. The largest absolute Gasteiger partial charge is 0.394 e. The monoisotopic (exact) mass is 369 g/mol. The number of aliphatic hydroxyl groups is 1. The van der Waals surface area contributed by atoms with Crippen molar-refractivity contribution in [2.45, 2.75) is 25.1 Å². The van der Waals surface area contributed by atoms with Crippen molar-refractivity contribution in [3.63, 3.8) is 0 Å². The highest BCUT2D eigenvalue weighted by Gasteiger charge is 2.35. The first kappa shape index (κ1) is 17.4. The van der Waals surface area contributed by atoms with E-state index in [4.69, 9.17) is 4.84 Å². The molecule has 4 aromatic carbocycles. The Kier molecular flexibility index (Phi) is 4.57. The summed E-state index contributed by atoms with van der Waals surface area (Å²) in [5.74, 6) is 0. The van der Waals surface area contributed by atoms with Crippen LogP contribution < -0.4 is 0 Å². The third-order valence-electron chi connectivity index (χ3n) is 5.66. The van der Waals surface area contributed by atoms with Crippen LogP contribution in [-0.2, 0) is 11.4 Å². The Morgan fingerprint density at radius 2 is 1.50 bits per heavy atom. The molecular weight excluding hydrogens is 346 g/mol. The van der Waals surface area contributed by atoms with Crippen LogP contribution in [0.1, 0.15) is 23.6 Å². The van der Waals surface area contributed by atoms with Gasteiger partial charge in [0.1, 0.15) is 6.10 Å². The second kappa shape index (κ2) is 7.36. The highest BCUT2D eigenvalue weighted by molar-refractivity contribution is 6.09. The molecule has 0 unspecified atom stereocenters. The smallest absolute Gasteiger partial charge is 0.104 e. The maximum absolute atomic E-state index is 9.75. The first-order chi connectivity index (χ1) is 13.8. The standard InChI is InChI=1S/C25H23NO2/c27-17-20-15-25(26(28-20)16-18-8-2-1-3-9-18)24-14-19-10-4-5-11-21(19)22-12-6-7-13-23(22)24/h1-14,20,25,27H,15-17H2/t20-,25+/m0/s1. The summed E-state index contributed by atoms with van der Waals surface area (Å²) in [5, 5.41) is 16.8. The fourth-order valence-electron chi connectivity index (χ4n) is 4.33. The summed E-state index contributed by atoms with van der Waals surface area (Å²) in [5.41, 5.74) is 2.47. The lowest BCUT2D eigenvalue weighted by Crippen LogP contribution is -2.23. The highest BCUT2D eigenvalue weighted by atomic mass is 16.7. The van der Waals surface area contributed by atoms with Crippen molar-refractivity contribution >= 4 is 21.5 Å². The van der Waals surface area contributed by atoms with E-state index >= 15 is 0 Å². The average Bonchev–Trinajstić information content (AvgIpc) is 3.16. The molecule has 140 valence electrons. The molecule has 0 radical (unpaired) electrons. The Hall–Kier alpha value is -2.72. The topological polar surface area (TPSA) is 32.7 Å². The van der Waals surface area contributed by atoms with E-state index in [0.29, 0.717) is 6.54 Å². The summed E-state index contributed by atoms with van der Waals surface area (Å²) in [6.45, 7) is 0.733. The molecule has 1 saturated heterocycles. The number of hydrogen-bond acceptors (Lipinski definition) is 3. The molecule has 2 atom stereocenters. The van der Waals surface area contributed by atoms with Gasteiger partial charge in [0.25, 0.3) is 0 Å². The van der Waals surface area contributed by atoms with Crippen molar-refractivity contribution in [2.24, 2.45) is 0 Å². The number of fused-ring (bicyclic) bond motifs is 3. The molecule has 4 aromatic rings. The summed E-state index contributed by atoms with van der Waals surface area (Å²) in [4.78, 5) is 6.13. The van der Waals surface area contributed by atoms with Crippen LogP contribution in [0.25, 0.3) is 21.5 Å². The van der Waals surface area contributed by atoms with Crippen molar-refractivity contribution in [3.05, 3.63) is 96.1 Å². The molecule has 1 aliphatic rings. The van der Waals surface area contributed by atoms with E-state index in [1.54, 1.807) is 0 Å². The molecule has 1 heterocycles. The van der Waals surface area contributed by atoms with E-state index in [-0.39, 0.29) is 18.8 Å². The Morgan fingerprint density at radius 3 is 2.29 bits per heavy atom. The van der Waals surface area contributed by atoms with E-state index in [9.17, 15) is 5.11 Å². The minimum Gasteiger partial charge on any atom is -0.394 e. The number of nitrogens with zero attached hydrogens (tertiary/aromatic N) is 1. The molecule has 0 aromatic heterocycles. The molecule has 1 fully saturated rings. The third kappa shape index (κ3) is 3.08. The van der Waals surface area contributed by atoms with Crippen molar-refractivity contribution < 1.29 is 9.94 Å². The van der Waals surface area contributed by atoms with Gasteiger partial charge in [0.2, 0.25) is 0 Å². The van der Waals surface area contributed by atoms with Gasteiger partial charge in [-0.2, -0.15) is 5.06 Å². The minimum atomic E-state index is -0.168.